The Morgan fingerprint density at radius 1 is 1.29 bits per heavy atom. The fraction of sp³-hybridized carbons (Fsp3) is 0.500. The molecule has 14 heavy (non-hydrogen) atoms. The fourth-order valence-electron chi connectivity index (χ4n) is 1.54. The minimum atomic E-state index is 0.917. The monoisotopic (exact) mass is 192 g/mol. The smallest absolute Gasteiger partial charge is 0.0348 e. The van der Waals surface area contributed by atoms with E-state index in [0.29, 0.717) is 0 Å². The largest absolute Gasteiger partial charge is 0.399 e. The molecule has 0 aliphatic rings. The van der Waals surface area contributed by atoms with E-state index in [1.807, 2.05) is 19.2 Å². The van der Waals surface area contributed by atoms with E-state index in [4.69, 9.17) is 5.73 Å². The number of nitrogens with two attached hydrogens (primary N) is 1. The van der Waals surface area contributed by atoms with Crippen LogP contribution in [0.4, 0.5) is 11.4 Å². The third-order valence-corrected chi connectivity index (χ3v) is 2.48. The molecule has 2 nitrogen and oxygen atoms in total. The first-order chi connectivity index (χ1) is 6.77. The summed E-state index contributed by atoms with van der Waals surface area (Å²) in [5.74, 6) is 0. The molecule has 0 unspecified atom stereocenters. The number of nitrogen functional groups attached to an aromatic ring is 1. The van der Waals surface area contributed by atoms with E-state index in [9.17, 15) is 0 Å². The van der Waals surface area contributed by atoms with Crippen LogP contribution in [0.15, 0.2) is 18.2 Å². The van der Waals surface area contributed by atoms with Crippen LogP contribution in [0.1, 0.15) is 31.7 Å². The van der Waals surface area contributed by atoms with E-state index in [-0.39, 0.29) is 0 Å². The summed E-state index contributed by atoms with van der Waals surface area (Å²) in [6.07, 6.45) is 4.86. The number of nitrogens with one attached hydrogen (secondary N) is 1. The van der Waals surface area contributed by atoms with Gasteiger partial charge in [-0.15, -0.1) is 0 Å². The predicted octanol–water partition coefficient (Wildman–Crippen LogP) is 3.04. The van der Waals surface area contributed by atoms with Gasteiger partial charge < -0.3 is 11.1 Å². The molecule has 3 N–H and O–H groups in total. The van der Waals surface area contributed by atoms with E-state index in [0.717, 1.165) is 17.8 Å². The van der Waals surface area contributed by atoms with Crippen LogP contribution >= 0.6 is 0 Å². The summed E-state index contributed by atoms with van der Waals surface area (Å²) in [6, 6.07) is 6.14. The highest BCUT2D eigenvalue weighted by molar-refractivity contribution is 5.57. The molecule has 0 heterocycles. The number of hydrogen-bond donors (Lipinski definition) is 2. The lowest BCUT2D eigenvalue weighted by atomic mass is 10.0. The normalized spacial score (nSPS) is 10.1. The lowest BCUT2D eigenvalue weighted by Crippen LogP contribution is -1.97. The first-order valence-corrected chi connectivity index (χ1v) is 5.34. The minimum absolute atomic E-state index is 0.917. The molecule has 78 valence electrons. The Labute approximate surface area is 86.5 Å². The number of anilines is 2. The molecule has 2 heteroatoms. The highest BCUT2D eigenvalue weighted by Gasteiger charge is 1.99. The Bertz CT molecular complexity index is 282. The van der Waals surface area contributed by atoms with Crippen molar-refractivity contribution in [3.63, 3.8) is 0 Å². The van der Waals surface area contributed by atoms with Crippen molar-refractivity contribution >= 4 is 11.4 Å². The van der Waals surface area contributed by atoms with Gasteiger partial charge in [0, 0.05) is 18.4 Å². The minimum Gasteiger partial charge on any atom is -0.399 e. The van der Waals surface area contributed by atoms with E-state index in [1.165, 1.54) is 24.8 Å². The average molecular weight is 192 g/mol. The van der Waals surface area contributed by atoms with E-state index in [2.05, 4.69) is 18.3 Å². The third kappa shape index (κ3) is 2.95. The van der Waals surface area contributed by atoms with Gasteiger partial charge in [-0.05, 0) is 36.6 Å². The molecule has 0 amide bonds. The zero-order chi connectivity index (χ0) is 10.4. The van der Waals surface area contributed by atoms with Gasteiger partial charge >= 0.3 is 0 Å². The van der Waals surface area contributed by atoms with Gasteiger partial charge in [0.15, 0.2) is 0 Å². The molecule has 0 saturated heterocycles. The molecule has 1 rings (SSSR count). The summed E-state index contributed by atoms with van der Waals surface area (Å²) in [6.45, 7) is 2.22. The summed E-state index contributed by atoms with van der Waals surface area (Å²) < 4.78 is 0. The summed E-state index contributed by atoms with van der Waals surface area (Å²) in [5, 5.41) is 3.13. The lowest BCUT2D eigenvalue weighted by Gasteiger charge is -2.08. The highest BCUT2D eigenvalue weighted by Crippen LogP contribution is 2.19. The predicted molar refractivity (Wildman–Crippen MR) is 63.6 cm³/mol. The Kier molecular flexibility index (Phi) is 4.30. The molecule has 0 aliphatic carbocycles. The maximum atomic E-state index is 5.90. The second-order valence-electron chi connectivity index (χ2n) is 3.62. The van der Waals surface area contributed by atoms with Gasteiger partial charge in [-0.1, -0.05) is 19.8 Å². The number of unbranched alkanes of at least 4 members (excludes halogenated alkanes) is 2. The van der Waals surface area contributed by atoms with Gasteiger partial charge in [0.2, 0.25) is 0 Å². The Balaban J connectivity index is 2.64. The van der Waals surface area contributed by atoms with Crippen LogP contribution in [-0.4, -0.2) is 7.05 Å². The van der Waals surface area contributed by atoms with Crippen molar-refractivity contribution in [3.05, 3.63) is 23.8 Å². The number of aryl methyl sites for hydroxylation is 1. The molecule has 0 fully saturated rings. The molecule has 0 saturated carbocycles. The van der Waals surface area contributed by atoms with Crippen molar-refractivity contribution in [1.29, 1.82) is 0 Å². The van der Waals surface area contributed by atoms with Crippen molar-refractivity contribution in [1.82, 2.24) is 0 Å². The van der Waals surface area contributed by atoms with Crippen molar-refractivity contribution in [3.8, 4) is 0 Å². The van der Waals surface area contributed by atoms with Crippen molar-refractivity contribution in [2.75, 3.05) is 18.1 Å². The fourth-order valence-corrected chi connectivity index (χ4v) is 1.54. The molecule has 0 radical (unpaired) electrons. The van der Waals surface area contributed by atoms with Crippen LogP contribution in [0.25, 0.3) is 0 Å². The van der Waals surface area contributed by atoms with Gasteiger partial charge in [0.1, 0.15) is 0 Å². The molecule has 0 aliphatic heterocycles. The Morgan fingerprint density at radius 2 is 2.07 bits per heavy atom. The first kappa shape index (κ1) is 10.9. The highest BCUT2D eigenvalue weighted by atomic mass is 14.8. The van der Waals surface area contributed by atoms with Crippen LogP contribution in [0.3, 0.4) is 0 Å². The molecule has 0 aromatic heterocycles. The van der Waals surface area contributed by atoms with E-state index in [1.54, 1.807) is 0 Å². The molecule has 0 spiro atoms. The molecule has 1 aromatic carbocycles. The van der Waals surface area contributed by atoms with Crippen LogP contribution in [-0.2, 0) is 6.42 Å². The molecular formula is C12H20N2. The standard InChI is InChI=1S/C12H20N2/c1-3-4-5-6-10-9-11(14-2)7-8-12(10)13/h7-9,14H,3-6,13H2,1-2H3. The molecular weight excluding hydrogens is 172 g/mol. The summed E-state index contributed by atoms with van der Waals surface area (Å²) in [5.41, 5.74) is 9.23. The zero-order valence-electron chi connectivity index (χ0n) is 9.14. The molecule has 0 bridgehead atoms. The summed E-state index contributed by atoms with van der Waals surface area (Å²) in [4.78, 5) is 0. The third-order valence-electron chi connectivity index (χ3n) is 2.48. The van der Waals surface area contributed by atoms with E-state index >= 15 is 0 Å². The summed E-state index contributed by atoms with van der Waals surface area (Å²) >= 11 is 0. The number of benzene rings is 1. The average Bonchev–Trinajstić information content (AvgIpc) is 2.21. The first-order valence-electron chi connectivity index (χ1n) is 5.34. The Hall–Kier alpha value is -1.18. The molecule has 0 atom stereocenters. The lowest BCUT2D eigenvalue weighted by molar-refractivity contribution is 0.718. The van der Waals surface area contributed by atoms with Crippen LogP contribution < -0.4 is 11.1 Å². The SMILES string of the molecule is CCCCCc1cc(NC)ccc1N. The van der Waals surface area contributed by atoms with Gasteiger partial charge in [-0.25, -0.2) is 0 Å². The van der Waals surface area contributed by atoms with E-state index < -0.39 is 0 Å². The maximum absolute atomic E-state index is 5.90. The Morgan fingerprint density at radius 3 is 2.71 bits per heavy atom. The van der Waals surface area contributed by atoms with Crippen molar-refractivity contribution in [2.45, 2.75) is 32.6 Å². The van der Waals surface area contributed by atoms with Crippen molar-refractivity contribution < 1.29 is 0 Å². The van der Waals surface area contributed by atoms with Gasteiger partial charge in [-0.2, -0.15) is 0 Å². The van der Waals surface area contributed by atoms with Crippen LogP contribution in [0.2, 0.25) is 0 Å². The maximum Gasteiger partial charge on any atom is 0.0348 e. The quantitative estimate of drug-likeness (QED) is 0.556. The van der Waals surface area contributed by atoms with Gasteiger partial charge in [-0.3, -0.25) is 0 Å². The van der Waals surface area contributed by atoms with Gasteiger partial charge in [0.25, 0.3) is 0 Å². The number of rotatable bonds is 5. The zero-order valence-corrected chi connectivity index (χ0v) is 9.14. The molecule has 1 aromatic rings. The number of hydrogen-bond acceptors (Lipinski definition) is 2. The summed E-state index contributed by atoms with van der Waals surface area (Å²) in [7, 11) is 1.93. The van der Waals surface area contributed by atoms with Gasteiger partial charge in [0.05, 0.1) is 0 Å². The topological polar surface area (TPSA) is 38.0 Å². The van der Waals surface area contributed by atoms with Crippen molar-refractivity contribution in [2.24, 2.45) is 0 Å². The second kappa shape index (κ2) is 5.53. The van der Waals surface area contributed by atoms with Crippen LogP contribution in [0, 0.1) is 0 Å². The second-order valence-corrected chi connectivity index (χ2v) is 3.62. The van der Waals surface area contributed by atoms with Crippen LogP contribution in [0.5, 0.6) is 0 Å².